The highest BCUT2D eigenvalue weighted by atomic mass is 32.2. The molecule has 0 saturated carbocycles. The first-order valence-electron chi connectivity index (χ1n) is 7.55. The van der Waals surface area contributed by atoms with Gasteiger partial charge in [0.25, 0.3) is 0 Å². The van der Waals surface area contributed by atoms with Crippen molar-refractivity contribution in [3.05, 3.63) is 48.5 Å². The molecular weight excluding hydrogens is 344 g/mol. The average molecular weight is 362 g/mol. The van der Waals surface area contributed by atoms with E-state index in [9.17, 15) is 8.42 Å². The SMILES string of the molecule is CN(CCCNS(=O)(=O)c1cccc2nsnc12)c1ccccc1. The monoisotopic (exact) mass is 362 g/mol. The first kappa shape index (κ1) is 16.8. The molecule has 8 heteroatoms. The lowest BCUT2D eigenvalue weighted by atomic mass is 10.3. The fourth-order valence-electron chi connectivity index (χ4n) is 2.41. The van der Waals surface area contributed by atoms with Gasteiger partial charge >= 0.3 is 0 Å². The van der Waals surface area contributed by atoms with Gasteiger partial charge < -0.3 is 4.90 Å². The Bertz CT molecular complexity index is 910. The Kier molecular flexibility index (Phi) is 5.08. The summed E-state index contributed by atoms with van der Waals surface area (Å²) in [6, 6.07) is 15.0. The van der Waals surface area contributed by atoms with Crippen LogP contribution < -0.4 is 9.62 Å². The zero-order valence-electron chi connectivity index (χ0n) is 13.2. The molecule has 0 radical (unpaired) electrons. The molecule has 0 aliphatic carbocycles. The van der Waals surface area contributed by atoms with Crippen LogP contribution in [0.15, 0.2) is 53.4 Å². The van der Waals surface area contributed by atoms with Crippen molar-refractivity contribution in [3.8, 4) is 0 Å². The molecule has 0 atom stereocenters. The number of hydrogen-bond acceptors (Lipinski definition) is 6. The molecule has 6 nitrogen and oxygen atoms in total. The maximum Gasteiger partial charge on any atom is 0.242 e. The molecule has 3 rings (SSSR count). The van der Waals surface area contributed by atoms with Crippen molar-refractivity contribution < 1.29 is 8.42 Å². The molecule has 0 saturated heterocycles. The van der Waals surface area contributed by atoms with Crippen LogP contribution in [0, 0.1) is 0 Å². The summed E-state index contributed by atoms with van der Waals surface area (Å²) < 4.78 is 35.8. The van der Waals surface area contributed by atoms with Gasteiger partial charge in [0.2, 0.25) is 10.0 Å². The Morgan fingerprint density at radius 2 is 1.88 bits per heavy atom. The van der Waals surface area contributed by atoms with E-state index in [0.29, 0.717) is 24.0 Å². The first-order valence-corrected chi connectivity index (χ1v) is 9.76. The van der Waals surface area contributed by atoms with Gasteiger partial charge in [-0.2, -0.15) is 8.75 Å². The minimum Gasteiger partial charge on any atom is -0.375 e. The summed E-state index contributed by atoms with van der Waals surface area (Å²) in [7, 11) is -1.59. The van der Waals surface area contributed by atoms with Gasteiger partial charge in [0.05, 0.1) is 11.7 Å². The number of para-hydroxylation sites is 1. The quantitative estimate of drug-likeness (QED) is 0.654. The maximum absolute atomic E-state index is 12.5. The predicted octanol–water partition coefficient (Wildman–Crippen LogP) is 2.50. The minimum atomic E-state index is -3.58. The Labute approximate surface area is 145 Å². The van der Waals surface area contributed by atoms with Crippen molar-refractivity contribution in [2.75, 3.05) is 25.0 Å². The fraction of sp³-hybridized carbons (Fsp3) is 0.250. The van der Waals surface area contributed by atoms with Crippen LogP contribution in [0.25, 0.3) is 11.0 Å². The Morgan fingerprint density at radius 3 is 2.67 bits per heavy atom. The van der Waals surface area contributed by atoms with E-state index in [1.165, 1.54) is 0 Å². The van der Waals surface area contributed by atoms with Crippen LogP contribution >= 0.6 is 11.7 Å². The van der Waals surface area contributed by atoms with Crippen LogP contribution in [0.4, 0.5) is 5.69 Å². The van der Waals surface area contributed by atoms with Gasteiger partial charge in [-0.05, 0) is 30.7 Å². The molecule has 0 amide bonds. The van der Waals surface area contributed by atoms with E-state index in [-0.39, 0.29) is 4.90 Å². The molecule has 2 aromatic carbocycles. The van der Waals surface area contributed by atoms with E-state index in [0.717, 1.165) is 24.0 Å². The second-order valence-electron chi connectivity index (χ2n) is 5.40. The van der Waals surface area contributed by atoms with Crippen LogP contribution in [0.5, 0.6) is 0 Å². The lowest BCUT2D eigenvalue weighted by Crippen LogP contribution is -2.28. The number of sulfonamides is 1. The third-order valence-corrected chi connectivity index (χ3v) is 5.73. The van der Waals surface area contributed by atoms with Gasteiger partial charge in [-0.15, -0.1) is 0 Å². The number of aromatic nitrogens is 2. The summed E-state index contributed by atoms with van der Waals surface area (Å²) in [5.74, 6) is 0. The lowest BCUT2D eigenvalue weighted by Gasteiger charge is -2.19. The molecule has 0 fully saturated rings. The number of fused-ring (bicyclic) bond motifs is 1. The molecule has 1 aromatic heterocycles. The molecule has 1 N–H and O–H groups in total. The van der Waals surface area contributed by atoms with E-state index < -0.39 is 10.0 Å². The molecule has 0 aliphatic rings. The normalized spacial score (nSPS) is 11.7. The van der Waals surface area contributed by atoms with E-state index in [4.69, 9.17) is 0 Å². The van der Waals surface area contributed by atoms with Crippen LogP contribution in [-0.2, 0) is 10.0 Å². The number of nitrogens with one attached hydrogen (secondary N) is 1. The molecule has 3 aromatic rings. The molecule has 126 valence electrons. The summed E-state index contributed by atoms with van der Waals surface area (Å²) >= 11 is 1.01. The standard InChI is InChI=1S/C16H18N4O2S2/c1-20(13-7-3-2-4-8-13)12-6-11-17-24(21,22)15-10-5-9-14-16(15)19-23-18-14/h2-5,7-10,17H,6,11-12H2,1H3. The van der Waals surface area contributed by atoms with Crippen molar-refractivity contribution in [2.45, 2.75) is 11.3 Å². The smallest absolute Gasteiger partial charge is 0.242 e. The van der Waals surface area contributed by atoms with Crippen molar-refractivity contribution in [1.82, 2.24) is 13.5 Å². The highest BCUT2D eigenvalue weighted by molar-refractivity contribution is 7.89. The largest absolute Gasteiger partial charge is 0.375 e. The van der Waals surface area contributed by atoms with Crippen LogP contribution in [0.1, 0.15) is 6.42 Å². The molecule has 1 heterocycles. The zero-order chi connectivity index (χ0) is 17.0. The summed E-state index contributed by atoms with van der Waals surface area (Å²) in [6.07, 6.45) is 0.704. The van der Waals surface area contributed by atoms with Gasteiger partial charge in [0.15, 0.2) is 0 Å². The summed E-state index contributed by atoms with van der Waals surface area (Å²) in [6.45, 7) is 1.13. The van der Waals surface area contributed by atoms with Gasteiger partial charge in [-0.3, -0.25) is 0 Å². The average Bonchev–Trinajstić information content (AvgIpc) is 3.08. The topological polar surface area (TPSA) is 75.2 Å². The van der Waals surface area contributed by atoms with Gasteiger partial charge in [0.1, 0.15) is 15.9 Å². The highest BCUT2D eigenvalue weighted by Gasteiger charge is 2.18. The van der Waals surface area contributed by atoms with Crippen molar-refractivity contribution >= 4 is 38.5 Å². The van der Waals surface area contributed by atoms with Gasteiger partial charge in [-0.25, -0.2) is 13.1 Å². The lowest BCUT2D eigenvalue weighted by molar-refractivity contribution is 0.579. The van der Waals surface area contributed by atoms with Crippen LogP contribution in [-0.4, -0.2) is 37.3 Å². The Hall–Kier alpha value is -2.03. The Morgan fingerprint density at radius 1 is 1.08 bits per heavy atom. The number of anilines is 1. The minimum absolute atomic E-state index is 0.185. The first-order chi connectivity index (χ1) is 11.6. The van der Waals surface area contributed by atoms with E-state index in [1.807, 2.05) is 37.4 Å². The van der Waals surface area contributed by atoms with Gasteiger partial charge in [-0.1, -0.05) is 24.3 Å². The highest BCUT2D eigenvalue weighted by Crippen LogP contribution is 2.20. The summed E-state index contributed by atoms with van der Waals surface area (Å²) in [5, 5.41) is 0. The molecule has 0 spiro atoms. The number of benzene rings is 2. The van der Waals surface area contributed by atoms with Crippen molar-refractivity contribution in [1.29, 1.82) is 0 Å². The number of nitrogens with zero attached hydrogens (tertiary/aromatic N) is 3. The van der Waals surface area contributed by atoms with E-state index in [1.54, 1.807) is 18.2 Å². The molecule has 0 bridgehead atoms. The van der Waals surface area contributed by atoms with Crippen molar-refractivity contribution in [3.63, 3.8) is 0 Å². The van der Waals surface area contributed by atoms with E-state index >= 15 is 0 Å². The second kappa shape index (κ2) is 7.25. The number of rotatable bonds is 7. The zero-order valence-corrected chi connectivity index (χ0v) is 14.8. The summed E-state index contributed by atoms with van der Waals surface area (Å²) in [5.41, 5.74) is 2.14. The maximum atomic E-state index is 12.5. The number of hydrogen-bond donors (Lipinski definition) is 1. The van der Waals surface area contributed by atoms with Crippen molar-refractivity contribution in [2.24, 2.45) is 0 Å². The predicted molar refractivity (Wildman–Crippen MR) is 96.9 cm³/mol. The third kappa shape index (κ3) is 3.72. The molecule has 24 heavy (non-hydrogen) atoms. The third-order valence-electron chi connectivity index (χ3n) is 3.70. The molecule has 0 unspecified atom stereocenters. The second-order valence-corrected chi connectivity index (χ2v) is 7.66. The summed E-state index contributed by atoms with van der Waals surface area (Å²) in [4.78, 5) is 2.28. The van der Waals surface area contributed by atoms with Crippen LogP contribution in [0.2, 0.25) is 0 Å². The molecular formula is C16H18N4O2S2. The molecule has 0 aliphatic heterocycles. The van der Waals surface area contributed by atoms with E-state index in [2.05, 4.69) is 18.4 Å². The fourth-order valence-corrected chi connectivity index (χ4v) is 4.25. The Balaban J connectivity index is 1.59. The van der Waals surface area contributed by atoms with Crippen LogP contribution in [0.3, 0.4) is 0 Å². The van der Waals surface area contributed by atoms with Gasteiger partial charge in [0, 0.05) is 25.8 Å².